The highest BCUT2D eigenvalue weighted by Gasteiger charge is 2.44. The standard InChI is InChI=1S/C24H25N5O5/c1-14-8-16-9-17(5-7-28(16)20(14)22(31)25-3)34-19-4-6-26-29-10-18(15(2)21(19)29)23(32)27-11-24(33,12-27)13-30/h4-10,30,33H,11-13H2,1-3H3,(H,25,31). The number of aromatic nitrogens is 3. The maximum absolute atomic E-state index is 13.0. The van der Waals surface area contributed by atoms with Crippen LogP contribution >= 0.6 is 0 Å². The summed E-state index contributed by atoms with van der Waals surface area (Å²) in [6, 6.07) is 7.26. The third kappa shape index (κ3) is 3.39. The molecule has 4 aromatic rings. The fourth-order valence-corrected chi connectivity index (χ4v) is 4.49. The predicted octanol–water partition coefficient (Wildman–Crippen LogP) is 1.53. The summed E-state index contributed by atoms with van der Waals surface area (Å²) in [7, 11) is 1.60. The first kappa shape index (κ1) is 21.9. The number of hydrogen-bond donors (Lipinski definition) is 3. The molecule has 10 heteroatoms. The van der Waals surface area contributed by atoms with Gasteiger partial charge in [0.25, 0.3) is 11.8 Å². The highest BCUT2D eigenvalue weighted by atomic mass is 16.5. The Labute approximate surface area is 195 Å². The van der Waals surface area contributed by atoms with Gasteiger partial charge in [0.1, 0.15) is 22.6 Å². The number of carbonyl (C=O) groups is 2. The molecule has 0 aromatic carbocycles. The zero-order valence-electron chi connectivity index (χ0n) is 19.1. The number of rotatable bonds is 5. The van der Waals surface area contributed by atoms with Crippen LogP contribution in [0.15, 0.2) is 42.9 Å². The quantitative estimate of drug-likeness (QED) is 0.413. The number of pyridine rings is 1. The third-order valence-corrected chi connectivity index (χ3v) is 6.28. The molecule has 0 bridgehead atoms. The van der Waals surface area contributed by atoms with Gasteiger partial charge in [-0.05, 0) is 37.1 Å². The Hall–Kier alpha value is -3.89. The zero-order chi connectivity index (χ0) is 24.2. The van der Waals surface area contributed by atoms with Crippen molar-refractivity contribution < 1.29 is 24.5 Å². The topological polar surface area (TPSA) is 121 Å². The van der Waals surface area contributed by atoms with E-state index < -0.39 is 5.60 Å². The minimum absolute atomic E-state index is 0.0829. The van der Waals surface area contributed by atoms with E-state index in [0.29, 0.717) is 33.8 Å². The molecule has 3 N–H and O–H groups in total. The van der Waals surface area contributed by atoms with Gasteiger partial charge in [-0.2, -0.15) is 5.10 Å². The number of ether oxygens (including phenoxy) is 1. The lowest BCUT2D eigenvalue weighted by molar-refractivity contribution is -0.109. The number of likely N-dealkylation sites (tertiary alicyclic amines) is 1. The molecule has 1 fully saturated rings. The number of fused-ring (bicyclic) bond motifs is 2. The Morgan fingerprint density at radius 3 is 2.71 bits per heavy atom. The molecule has 0 spiro atoms. The highest BCUT2D eigenvalue weighted by Crippen LogP contribution is 2.33. The number of nitrogens with zero attached hydrogens (tertiary/aromatic N) is 4. The molecule has 34 heavy (non-hydrogen) atoms. The van der Waals surface area contributed by atoms with Gasteiger partial charge in [-0.15, -0.1) is 0 Å². The van der Waals surface area contributed by atoms with Gasteiger partial charge in [0.15, 0.2) is 5.75 Å². The van der Waals surface area contributed by atoms with Crippen molar-refractivity contribution in [3.63, 3.8) is 0 Å². The first-order valence-corrected chi connectivity index (χ1v) is 10.9. The average molecular weight is 463 g/mol. The van der Waals surface area contributed by atoms with Crippen LogP contribution in [-0.2, 0) is 0 Å². The first-order valence-electron chi connectivity index (χ1n) is 10.9. The monoisotopic (exact) mass is 463 g/mol. The van der Waals surface area contributed by atoms with Crippen LogP contribution in [0.2, 0.25) is 0 Å². The largest absolute Gasteiger partial charge is 0.455 e. The molecule has 10 nitrogen and oxygen atoms in total. The highest BCUT2D eigenvalue weighted by molar-refractivity contribution is 5.99. The van der Waals surface area contributed by atoms with E-state index >= 15 is 0 Å². The Morgan fingerprint density at radius 2 is 2.00 bits per heavy atom. The predicted molar refractivity (Wildman–Crippen MR) is 123 cm³/mol. The summed E-state index contributed by atoms with van der Waals surface area (Å²) in [4.78, 5) is 26.7. The van der Waals surface area contributed by atoms with Crippen LogP contribution < -0.4 is 10.1 Å². The van der Waals surface area contributed by atoms with Crippen LogP contribution in [0.4, 0.5) is 0 Å². The number of aliphatic hydroxyl groups excluding tert-OH is 1. The Balaban J connectivity index is 1.47. The molecule has 5 rings (SSSR count). The Kier molecular flexibility index (Phi) is 5.07. The van der Waals surface area contributed by atoms with Crippen molar-refractivity contribution >= 4 is 22.8 Å². The molecular weight excluding hydrogens is 438 g/mol. The summed E-state index contributed by atoms with van der Waals surface area (Å²) in [5, 5.41) is 26.3. The van der Waals surface area contributed by atoms with E-state index in [9.17, 15) is 19.8 Å². The van der Waals surface area contributed by atoms with Crippen LogP contribution in [-0.4, -0.2) is 73.3 Å². The molecule has 0 aliphatic carbocycles. The fourth-order valence-electron chi connectivity index (χ4n) is 4.49. The molecule has 0 radical (unpaired) electrons. The second-order valence-electron chi connectivity index (χ2n) is 8.71. The maximum Gasteiger partial charge on any atom is 0.268 e. The van der Waals surface area contributed by atoms with Crippen molar-refractivity contribution in [2.24, 2.45) is 0 Å². The number of aliphatic hydroxyl groups is 2. The second-order valence-corrected chi connectivity index (χ2v) is 8.71. The molecule has 4 aromatic heterocycles. The lowest BCUT2D eigenvalue weighted by Gasteiger charge is -2.45. The summed E-state index contributed by atoms with van der Waals surface area (Å²) in [6.07, 6.45) is 5.02. The van der Waals surface area contributed by atoms with Gasteiger partial charge in [0, 0.05) is 37.1 Å². The van der Waals surface area contributed by atoms with E-state index in [1.807, 2.05) is 30.4 Å². The van der Waals surface area contributed by atoms with Crippen molar-refractivity contribution in [3.05, 3.63) is 65.2 Å². The van der Waals surface area contributed by atoms with E-state index in [0.717, 1.165) is 11.1 Å². The number of amides is 2. The minimum atomic E-state index is -1.23. The van der Waals surface area contributed by atoms with Gasteiger partial charge in [-0.25, -0.2) is 4.52 Å². The molecule has 0 atom stereocenters. The van der Waals surface area contributed by atoms with Crippen LogP contribution in [0.5, 0.6) is 11.5 Å². The first-order chi connectivity index (χ1) is 16.2. The SMILES string of the molecule is CNC(=O)c1c(C)cc2cc(Oc3ccnn4cc(C(=O)N5CC(O)(CO)C5)c(C)c34)ccn12. The molecule has 5 heterocycles. The number of carbonyl (C=O) groups excluding carboxylic acids is 2. The van der Waals surface area contributed by atoms with E-state index in [1.54, 1.807) is 42.3 Å². The van der Waals surface area contributed by atoms with Crippen molar-refractivity contribution in [2.45, 2.75) is 19.4 Å². The Morgan fingerprint density at radius 1 is 1.24 bits per heavy atom. The van der Waals surface area contributed by atoms with E-state index in [2.05, 4.69) is 10.4 Å². The van der Waals surface area contributed by atoms with E-state index in [-0.39, 0.29) is 31.5 Å². The summed E-state index contributed by atoms with van der Waals surface area (Å²) in [6.45, 7) is 3.49. The normalized spacial score (nSPS) is 14.9. The molecule has 1 aliphatic heterocycles. The van der Waals surface area contributed by atoms with Gasteiger partial charge >= 0.3 is 0 Å². The number of hydrogen-bond acceptors (Lipinski definition) is 6. The van der Waals surface area contributed by atoms with Crippen LogP contribution in [0, 0.1) is 13.8 Å². The minimum Gasteiger partial charge on any atom is -0.455 e. The van der Waals surface area contributed by atoms with Crippen LogP contribution in [0.1, 0.15) is 32.0 Å². The molecule has 0 saturated carbocycles. The van der Waals surface area contributed by atoms with Crippen molar-refractivity contribution in [1.82, 2.24) is 24.2 Å². The smallest absolute Gasteiger partial charge is 0.268 e. The number of β-amino-alcohol motifs (C(OH)–C–C–N with tert-alkyl or cyclic N) is 1. The molecular formula is C24H25N5O5. The fraction of sp³-hybridized carbons (Fsp3) is 0.292. The molecule has 0 unspecified atom stereocenters. The average Bonchev–Trinajstić information content (AvgIpc) is 3.32. The maximum atomic E-state index is 13.0. The zero-order valence-corrected chi connectivity index (χ0v) is 19.1. The molecule has 1 aliphatic rings. The lowest BCUT2D eigenvalue weighted by Crippen LogP contribution is -2.65. The summed E-state index contributed by atoms with van der Waals surface area (Å²) in [5.74, 6) is 0.702. The lowest BCUT2D eigenvalue weighted by atomic mass is 9.94. The van der Waals surface area contributed by atoms with Crippen molar-refractivity contribution in [3.8, 4) is 11.5 Å². The molecule has 176 valence electrons. The van der Waals surface area contributed by atoms with Gasteiger partial charge in [0.05, 0.1) is 31.5 Å². The summed E-state index contributed by atoms with van der Waals surface area (Å²) < 4.78 is 9.59. The number of nitrogens with one attached hydrogen (secondary N) is 1. The van der Waals surface area contributed by atoms with Crippen LogP contribution in [0.25, 0.3) is 11.0 Å². The van der Waals surface area contributed by atoms with E-state index in [4.69, 9.17) is 4.74 Å². The van der Waals surface area contributed by atoms with Gasteiger partial charge < -0.3 is 29.6 Å². The summed E-state index contributed by atoms with van der Waals surface area (Å²) >= 11 is 0. The van der Waals surface area contributed by atoms with Gasteiger partial charge in [-0.3, -0.25) is 9.59 Å². The molecule has 2 amide bonds. The number of aryl methyl sites for hydroxylation is 2. The van der Waals surface area contributed by atoms with Crippen molar-refractivity contribution in [2.75, 3.05) is 26.7 Å². The van der Waals surface area contributed by atoms with Gasteiger partial charge in [-0.1, -0.05) is 0 Å². The van der Waals surface area contributed by atoms with Crippen LogP contribution in [0.3, 0.4) is 0 Å². The second kappa shape index (κ2) is 7.86. The summed E-state index contributed by atoms with van der Waals surface area (Å²) in [5.41, 5.74) is 2.82. The Bertz CT molecular complexity index is 1450. The van der Waals surface area contributed by atoms with E-state index in [1.165, 1.54) is 4.90 Å². The third-order valence-electron chi connectivity index (χ3n) is 6.28. The van der Waals surface area contributed by atoms with Crippen molar-refractivity contribution in [1.29, 1.82) is 0 Å². The van der Waals surface area contributed by atoms with Gasteiger partial charge in [0.2, 0.25) is 0 Å². The molecule has 1 saturated heterocycles.